The maximum absolute atomic E-state index is 5.50. The van der Waals surface area contributed by atoms with Crippen molar-refractivity contribution in [2.24, 2.45) is 0 Å². The fourth-order valence-electron chi connectivity index (χ4n) is 1.44. The van der Waals surface area contributed by atoms with E-state index in [9.17, 15) is 0 Å². The molecule has 0 aliphatic carbocycles. The fourth-order valence-corrected chi connectivity index (χ4v) is 1.44. The summed E-state index contributed by atoms with van der Waals surface area (Å²) in [7, 11) is 1.73. The molecule has 0 N–H and O–H groups in total. The molecule has 0 aliphatic heterocycles. The summed E-state index contributed by atoms with van der Waals surface area (Å²) in [6.45, 7) is 4.28. The van der Waals surface area contributed by atoms with Gasteiger partial charge in [-0.2, -0.15) is 0 Å². The lowest BCUT2D eigenvalue weighted by atomic mass is 10.2. The number of unbranched alkanes of at least 4 members (excludes halogenated alkanes) is 2. The molecule has 0 saturated carbocycles. The fraction of sp³-hybridized carbons (Fsp3) is 0.750. The van der Waals surface area contributed by atoms with Crippen molar-refractivity contribution in [2.45, 2.75) is 32.6 Å². The van der Waals surface area contributed by atoms with Crippen LogP contribution >= 0.6 is 0 Å². The van der Waals surface area contributed by atoms with Crippen molar-refractivity contribution in [2.75, 3.05) is 26.9 Å². The highest BCUT2D eigenvalue weighted by Gasteiger charge is 1.99. The summed E-state index contributed by atoms with van der Waals surface area (Å²) in [4.78, 5) is 0. The van der Waals surface area contributed by atoms with Crippen LogP contribution in [0.5, 0.6) is 0 Å². The van der Waals surface area contributed by atoms with Gasteiger partial charge in [0.1, 0.15) is 5.76 Å². The maximum Gasteiger partial charge on any atom is 0.133 e. The van der Waals surface area contributed by atoms with Crippen molar-refractivity contribution >= 4 is 0 Å². The Balaban J connectivity index is 1.88. The second-order valence-corrected chi connectivity index (χ2v) is 3.84. The summed E-state index contributed by atoms with van der Waals surface area (Å²) >= 11 is 0. The number of hydrogen-bond donors (Lipinski definition) is 0. The average molecular weight is 227 g/mol. The molecule has 0 radical (unpaired) electrons. The second kappa shape index (κ2) is 8.30. The molecule has 1 heterocycles. The van der Waals surface area contributed by atoms with Gasteiger partial charge < -0.3 is 14.0 Å². The van der Waals surface area contributed by atoms with Crippen LogP contribution in [0.1, 0.15) is 30.7 Å². The summed E-state index contributed by atoms with van der Waals surface area (Å²) in [5.41, 5.74) is 0.969. The zero-order chi connectivity index (χ0) is 11.6. The Morgan fingerprint density at radius 1 is 1.19 bits per heavy atom. The van der Waals surface area contributed by atoms with E-state index in [4.69, 9.17) is 14.0 Å². The van der Waals surface area contributed by atoms with E-state index in [1.165, 1.54) is 0 Å². The van der Waals surface area contributed by atoms with E-state index in [1.54, 1.807) is 7.11 Å². The van der Waals surface area contributed by atoms with Crippen LogP contribution in [0.4, 0.5) is 0 Å². The topological polar surface area (TPSA) is 44.5 Å². The molecule has 0 spiro atoms. The predicted molar refractivity (Wildman–Crippen MR) is 61.5 cm³/mol. The number of ether oxygens (including phenoxy) is 2. The summed E-state index contributed by atoms with van der Waals surface area (Å²) in [5.74, 6) is 0.856. The van der Waals surface area contributed by atoms with E-state index in [0.717, 1.165) is 57.0 Å². The Morgan fingerprint density at radius 2 is 2.00 bits per heavy atom. The Labute approximate surface area is 96.9 Å². The molecule has 16 heavy (non-hydrogen) atoms. The van der Waals surface area contributed by atoms with E-state index >= 15 is 0 Å². The van der Waals surface area contributed by atoms with Crippen LogP contribution in [0.25, 0.3) is 0 Å². The van der Waals surface area contributed by atoms with Crippen LogP contribution in [0.2, 0.25) is 0 Å². The monoisotopic (exact) mass is 227 g/mol. The molecule has 0 amide bonds. The van der Waals surface area contributed by atoms with Crippen molar-refractivity contribution < 1.29 is 14.0 Å². The van der Waals surface area contributed by atoms with Gasteiger partial charge >= 0.3 is 0 Å². The van der Waals surface area contributed by atoms with Gasteiger partial charge in [0, 0.05) is 32.8 Å². The van der Waals surface area contributed by atoms with Gasteiger partial charge in [0.25, 0.3) is 0 Å². The van der Waals surface area contributed by atoms with E-state index in [-0.39, 0.29) is 0 Å². The summed E-state index contributed by atoms with van der Waals surface area (Å²) in [6.07, 6.45) is 4.20. The SMILES string of the molecule is COCCCCCOCCc1cc(C)on1. The van der Waals surface area contributed by atoms with Crippen molar-refractivity contribution in [3.05, 3.63) is 17.5 Å². The highest BCUT2D eigenvalue weighted by atomic mass is 16.5. The highest BCUT2D eigenvalue weighted by Crippen LogP contribution is 2.02. The summed E-state index contributed by atoms with van der Waals surface area (Å²) < 4.78 is 15.4. The maximum atomic E-state index is 5.50. The zero-order valence-corrected chi connectivity index (χ0v) is 10.2. The lowest BCUT2D eigenvalue weighted by Gasteiger charge is -2.02. The number of rotatable bonds is 9. The second-order valence-electron chi connectivity index (χ2n) is 3.84. The van der Waals surface area contributed by atoms with E-state index in [1.807, 2.05) is 13.0 Å². The standard InChI is InChI=1S/C12H21NO3/c1-11-10-12(13-16-11)6-9-15-8-5-3-4-7-14-2/h10H,3-9H2,1-2H3. The number of aromatic nitrogens is 1. The van der Waals surface area contributed by atoms with Crippen molar-refractivity contribution in [1.82, 2.24) is 5.16 Å². The molecule has 4 heteroatoms. The predicted octanol–water partition coefficient (Wildman–Crippen LogP) is 2.36. The lowest BCUT2D eigenvalue weighted by Crippen LogP contribution is -2.01. The van der Waals surface area contributed by atoms with Gasteiger partial charge in [-0.1, -0.05) is 5.16 Å². The normalized spacial score (nSPS) is 10.9. The Morgan fingerprint density at radius 3 is 2.69 bits per heavy atom. The smallest absolute Gasteiger partial charge is 0.133 e. The highest BCUT2D eigenvalue weighted by molar-refractivity contribution is 5.03. The first-order valence-electron chi connectivity index (χ1n) is 5.82. The quantitative estimate of drug-likeness (QED) is 0.607. The third-order valence-corrected chi connectivity index (χ3v) is 2.32. The summed E-state index contributed by atoms with van der Waals surface area (Å²) in [6, 6.07) is 1.95. The van der Waals surface area contributed by atoms with Crippen molar-refractivity contribution in [3.8, 4) is 0 Å². The van der Waals surface area contributed by atoms with Gasteiger partial charge in [0.2, 0.25) is 0 Å². The minimum absolute atomic E-state index is 0.719. The Hall–Kier alpha value is -0.870. The van der Waals surface area contributed by atoms with Crippen LogP contribution < -0.4 is 0 Å². The van der Waals surface area contributed by atoms with Crippen LogP contribution in [0, 0.1) is 6.92 Å². The number of hydrogen-bond acceptors (Lipinski definition) is 4. The largest absolute Gasteiger partial charge is 0.385 e. The molecule has 92 valence electrons. The van der Waals surface area contributed by atoms with E-state index < -0.39 is 0 Å². The average Bonchev–Trinajstić information content (AvgIpc) is 2.68. The van der Waals surface area contributed by atoms with Gasteiger partial charge in [-0.3, -0.25) is 0 Å². The molecule has 0 saturated heterocycles. The number of aryl methyl sites for hydroxylation is 1. The molecule has 0 unspecified atom stereocenters. The molecule has 0 atom stereocenters. The third kappa shape index (κ3) is 5.88. The zero-order valence-electron chi connectivity index (χ0n) is 10.2. The molecule has 0 bridgehead atoms. The number of nitrogens with zero attached hydrogens (tertiary/aromatic N) is 1. The molecular weight excluding hydrogens is 206 g/mol. The van der Waals surface area contributed by atoms with Crippen molar-refractivity contribution in [1.29, 1.82) is 0 Å². The van der Waals surface area contributed by atoms with E-state index in [0.29, 0.717) is 0 Å². The minimum Gasteiger partial charge on any atom is -0.385 e. The van der Waals surface area contributed by atoms with Crippen molar-refractivity contribution in [3.63, 3.8) is 0 Å². The molecular formula is C12H21NO3. The van der Waals surface area contributed by atoms with Crippen LogP contribution in [-0.2, 0) is 15.9 Å². The molecule has 0 fully saturated rings. The third-order valence-electron chi connectivity index (χ3n) is 2.32. The molecule has 1 aromatic rings. The number of methoxy groups -OCH3 is 1. The Bertz CT molecular complexity index is 273. The molecule has 4 nitrogen and oxygen atoms in total. The van der Waals surface area contributed by atoms with E-state index in [2.05, 4.69) is 5.16 Å². The van der Waals surface area contributed by atoms with Gasteiger partial charge in [0.05, 0.1) is 12.3 Å². The van der Waals surface area contributed by atoms with Gasteiger partial charge in [-0.25, -0.2) is 0 Å². The summed E-state index contributed by atoms with van der Waals surface area (Å²) in [5, 5.41) is 3.90. The van der Waals surface area contributed by atoms with Crippen LogP contribution in [-0.4, -0.2) is 32.1 Å². The first-order valence-corrected chi connectivity index (χ1v) is 5.82. The lowest BCUT2D eigenvalue weighted by molar-refractivity contribution is 0.127. The van der Waals surface area contributed by atoms with Crippen LogP contribution in [0.15, 0.2) is 10.6 Å². The molecule has 0 aromatic carbocycles. The first kappa shape index (κ1) is 13.2. The molecule has 0 aliphatic rings. The minimum atomic E-state index is 0.719. The van der Waals surface area contributed by atoms with Gasteiger partial charge in [-0.05, 0) is 26.2 Å². The molecule has 1 aromatic heterocycles. The molecule has 1 rings (SSSR count). The van der Waals surface area contributed by atoms with Crippen LogP contribution in [0.3, 0.4) is 0 Å². The van der Waals surface area contributed by atoms with Gasteiger partial charge in [0.15, 0.2) is 0 Å². The van der Waals surface area contributed by atoms with Gasteiger partial charge in [-0.15, -0.1) is 0 Å². The first-order chi connectivity index (χ1) is 7.83. The Kier molecular flexibility index (Phi) is 6.85.